The number of piperidine rings is 2. The third kappa shape index (κ3) is 5.31. The first-order valence-electron chi connectivity index (χ1n) is 12.9. The van der Waals surface area contributed by atoms with Crippen molar-refractivity contribution < 1.29 is 28.9 Å². The second-order valence-corrected chi connectivity index (χ2v) is 11.2. The van der Waals surface area contributed by atoms with Crippen LogP contribution in [0.3, 0.4) is 0 Å². The van der Waals surface area contributed by atoms with Gasteiger partial charge >= 0.3 is 0 Å². The van der Waals surface area contributed by atoms with Crippen molar-refractivity contribution in [3.05, 3.63) is 70.3 Å². The number of anilines is 1. The number of benzene rings is 2. The number of hydrogen-bond donors (Lipinski definition) is 4. The molecule has 38 heavy (non-hydrogen) atoms. The van der Waals surface area contributed by atoms with Gasteiger partial charge < -0.3 is 30.4 Å². The number of aliphatic hydroxyl groups excluding tert-OH is 2. The third-order valence-corrected chi connectivity index (χ3v) is 8.59. The van der Waals surface area contributed by atoms with Crippen molar-refractivity contribution in [2.24, 2.45) is 0 Å². The second-order valence-electron chi connectivity index (χ2n) is 10.7. The van der Waals surface area contributed by atoms with E-state index in [0.717, 1.165) is 56.4 Å². The fraction of sp³-hybridized carbons (Fsp3) is 0.464. The zero-order valence-electron chi connectivity index (χ0n) is 20.9. The molecule has 204 valence electrons. The number of halogens is 3. The van der Waals surface area contributed by atoms with E-state index in [9.17, 15) is 28.9 Å². The molecule has 1 spiro atoms. The summed E-state index contributed by atoms with van der Waals surface area (Å²) in [5.41, 5.74) is 0.810. The van der Waals surface area contributed by atoms with Gasteiger partial charge in [0.15, 0.2) is 0 Å². The Balaban J connectivity index is 1.15. The van der Waals surface area contributed by atoms with Crippen molar-refractivity contribution in [2.45, 2.75) is 42.5 Å². The molecule has 2 aromatic rings. The molecule has 0 unspecified atom stereocenters. The van der Waals surface area contributed by atoms with Crippen molar-refractivity contribution in [3.8, 4) is 0 Å². The van der Waals surface area contributed by atoms with Crippen LogP contribution in [0.5, 0.6) is 0 Å². The second kappa shape index (κ2) is 10.5. The number of nitrogens with zero attached hydrogens (tertiary/aromatic N) is 2. The minimum Gasteiger partial charge on any atom is -0.389 e. The molecule has 0 bridgehead atoms. The summed E-state index contributed by atoms with van der Waals surface area (Å²) < 4.78 is 26.7. The maximum Gasteiger partial charge on any atom is 0.246 e. The van der Waals surface area contributed by atoms with Crippen LogP contribution in [0.25, 0.3) is 6.08 Å². The minimum absolute atomic E-state index is 0.000656. The Morgan fingerprint density at radius 1 is 1.13 bits per heavy atom. The monoisotopic (exact) mass is 547 g/mol. The molecule has 3 aliphatic rings. The summed E-state index contributed by atoms with van der Waals surface area (Å²) in [6.45, 7) is 2.49. The minimum atomic E-state index is -1.75. The third-order valence-electron chi connectivity index (χ3n) is 8.36. The van der Waals surface area contributed by atoms with Crippen molar-refractivity contribution in [1.29, 1.82) is 0 Å². The highest BCUT2D eigenvalue weighted by Crippen LogP contribution is 2.45. The number of carbonyl (C=O) groups is 1. The molecule has 0 aliphatic carbocycles. The normalized spacial score (nSPS) is 25.9. The Morgan fingerprint density at radius 2 is 1.84 bits per heavy atom. The molecular weight excluding hydrogens is 516 g/mol. The highest BCUT2D eigenvalue weighted by Gasteiger charge is 2.48. The van der Waals surface area contributed by atoms with E-state index in [4.69, 9.17) is 11.6 Å². The molecule has 3 aliphatic heterocycles. The Bertz CT molecular complexity index is 1220. The molecule has 2 aromatic carbocycles. The van der Waals surface area contributed by atoms with Gasteiger partial charge in [0.05, 0.1) is 6.10 Å². The maximum absolute atomic E-state index is 13.4. The first kappa shape index (κ1) is 27.0. The standard InChI is InChI=1S/C28H32ClF2N3O4/c29-19-2-3-22-23(13-19)32-17-27(22)5-8-33(9-6-27)15-24(35)28(38)7-10-34(16-25(28)36)26(37)4-1-18-11-20(30)14-21(31)12-18/h1-4,11-14,24-25,32,35-36,38H,5-10,15-17H2/b4-1+/t24-,25-,28-/m1/s1. The average molecular weight is 548 g/mol. The van der Waals surface area contributed by atoms with E-state index in [1.54, 1.807) is 0 Å². The average Bonchev–Trinajstić information content (AvgIpc) is 3.22. The van der Waals surface area contributed by atoms with Crippen LogP contribution in [0, 0.1) is 11.6 Å². The molecule has 3 heterocycles. The number of likely N-dealkylation sites (tertiary alicyclic amines) is 2. The Hall–Kier alpha value is -2.56. The van der Waals surface area contributed by atoms with Gasteiger partial charge in [0, 0.05) is 54.4 Å². The lowest BCUT2D eigenvalue weighted by atomic mass is 9.74. The lowest BCUT2D eigenvalue weighted by Crippen LogP contribution is -2.64. The molecule has 2 saturated heterocycles. The van der Waals surface area contributed by atoms with Crippen LogP contribution in [0.2, 0.25) is 5.02 Å². The van der Waals surface area contributed by atoms with E-state index in [1.165, 1.54) is 22.6 Å². The molecule has 0 aromatic heterocycles. The Kier molecular flexibility index (Phi) is 7.50. The summed E-state index contributed by atoms with van der Waals surface area (Å²) in [6.07, 6.45) is 1.73. The van der Waals surface area contributed by atoms with Crippen molar-refractivity contribution in [2.75, 3.05) is 44.6 Å². The van der Waals surface area contributed by atoms with Crippen LogP contribution in [0.15, 0.2) is 42.5 Å². The summed E-state index contributed by atoms with van der Waals surface area (Å²) >= 11 is 6.14. The van der Waals surface area contributed by atoms with Gasteiger partial charge in [-0.3, -0.25) is 4.79 Å². The molecule has 5 rings (SSSR count). The van der Waals surface area contributed by atoms with Crippen LogP contribution in [-0.4, -0.2) is 88.1 Å². The van der Waals surface area contributed by atoms with Crippen molar-refractivity contribution >= 4 is 29.3 Å². The fourth-order valence-electron chi connectivity index (χ4n) is 5.97. The van der Waals surface area contributed by atoms with E-state index in [1.807, 2.05) is 12.1 Å². The van der Waals surface area contributed by atoms with Gasteiger partial charge in [-0.05, 0) is 73.8 Å². The molecule has 10 heteroatoms. The highest BCUT2D eigenvalue weighted by atomic mass is 35.5. The predicted molar refractivity (Wildman–Crippen MR) is 141 cm³/mol. The van der Waals surface area contributed by atoms with Gasteiger partial charge in [-0.1, -0.05) is 17.7 Å². The first-order valence-corrected chi connectivity index (χ1v) is 13.2. The van der Waals surface area contributed by atoms with Gasteiger partial charge in [-0.25, -0.2) is 8.78 Å². The van der Waals surface area contributed by atoms with Crippen molar-refractivity contribution in [1.82, 2.24) is 9.80 Å². The van der Waals surface area contributed by atoms with Crippen LogP contribution in [-0.2, 0) is 10.2 Å². The zero-order valence-corrected chi connectivity index (χ0v) is 21.7. The number of aliphatic hydroxyl groups is 3. The van der Waals surface area contributed by atoms with Crippen LogP contribution < -0.4 is 5.32 Å². The molecule has 0 radical (unpaired) electrons. The van der Waals surface area contributed by atoms with Crippen LogP contribution >= 0.6 is 11.6 Å². The largest absolute Gasteiger partial charge is 0.389 e. The van der Waals surface area contributed by atoms with E-state index >= 15 is 0 Å². The summed E-state index contributed by atoms with van der Waals surface area (Å²) in [6, 6.07) is 8.90. The number of rotatable bonds is 5. The molecule has 1 amide bonds. The lowest BCUT2D eigenvalue weighted by Gasteiger charge is -2.46. The number of β-amino-alcohol motifs (C(OH)–C–C–N with tert-alkyl or cyclic N) is 2. The molecule has 2 fully saturated rings. The topological polar surface area (TPSA) is 96.3 Å². The first-order chi connectivity index (χ1) is 18.1. The quantitative estimate of drug-likeness (QED) is 0.430. The summed E-state index contributed by atoms with van der Waals surface area (Å²) in [5, 5.41) is 37.0. The molecular formula is C28H32ClF2N3O4. The lowest BCUT2D eigenvalue weighted by molar-refractivity contribution is -0.183. The van der Waals surface area contributed by atoms with Gasteiger partial charge in [0.1, 0.15) is 23.3 Å². The highest BCUT2D eigenvalue weighted by molar-refractivity contribution is 6.30. The van der Waals surface area contributed by atoms with Gasteiger partial charge in [-0.15, -0.1) is 0 Å². The zero-order chi connectivity index (χ0) is 27.1. The summed E-state index contributed by atoms with van der Waals surface area (Å²) in [5.74, 6) is -1.95. The number of hydrogen-bond acceptors (Lipinski definition) is 6. The molecule has 0 saturated carbocycles. The van der Waals surface area contributed by atoms with Crippen LogP contribution in [0.4, 0.5) is 14.5 Å². The maximum atomic E-state index is 13.4. The van der Waals surface area contributed by atoms with E-state index in [-0.39, 0.29) is 37.0 Å². The number of amides is 1. The van der Waals surface area contributed by atoms with Gasteiger partial charge in [0.25, 0.3) is 0 Å². The van der Waals surface area contributed by atoms with E-state index in [0.29, 0.717) is 5.02 Å². The SMILES string of the molecule is O=C(/C=C/c1cc(F)cc(F)c1)N1CC[C@@](O)([C@H](O)CN2CCC3(CC2)CNc2cc(Cl)ccc23)[C@H](O)C1. The Labute approximate surface area is 225 Å². The van der Waals surface area contributed by atoms with Gasteiger partial charge in [-0.2, -0.15) is 0 Å². The Morgan fingerprint density at radius 3 is 2.53 bits per heavy atom. The number of nitrogens with one attached hydrogen (secondary N) is 1. The molecule has 4 N–H and O–H groups in total. The number of carbonyl (C=O) groups excluding carboxylic acids is 1. The van der Waals surface area contributed by atoms with E-state index in [2.05, 4.69) is 16.3 Å². The summed E-state index contributed by atoms with van der Waals surface area (Å²) in [4.78, 5) is 16.0. The van der Waals surface area contributed by atoms with Gasteiger partial charge in [0.2, 0.25) is 5.91 Å². The predicted octanol–water partition coefficient (Wildman–Crippen LogP) is 2.78. The smallest absolute Gasteiger partial charge is 0.246 e. The van der Waals surface area contributed by atoms with Crippen molar-refractivity contribution in [3.63, 3.8) is 0 Å². The van der Waals surface area contributed by atoms with Crippen LogP contribution in [0.1, 0.15) is 30.4 Å². The number of fused-ring (bicyclic) bond motifs is 2. The van der Waals surface area contributed by atoms with E-state index < -0.39 is 35.4 Å². The molecule has 3 atom stereocenters. The summed E-state index contributed by atoms with van der Waals surface area (Å²) in [7, 11) is 0. The fourth-order valence-corrected chi connectivity index (χ4v) is 6.14. The molecule has 7 nitrogen and oxygen atoms in total.